The Labute approximate surface area is 172 Å². The van der Waals surface area contributed by atoms with Gasteiger partial charge in [0.1, 0.15) is 0 Å². The molecule has 3 atom stereocenters. The summed E-state index contributed by atoms with van der Waals surface area (Å²) in [6.07, 6.45) is 8.33. The lowest BCUT2D eigenvalue weighted by Crippen LogP contribution is -2.44. The van der Waals surface area contributed by atoms with Gasteiger partial charge in [-0.1, -0.05) is 27.2 Å². The normalized spacial score (nSPS) is 31.2. The topological polar surface area (TPSA) is 96.7 Å². The second-order valence-electron chi connectivity index (χ2n) is 10.7. The Morgan fingerprint density at radius 3 is 2.41 bits per heavy atom. The van der Waals surface area contributed by atoms with E-state index in [9.17, 15) is 20.3 Å². The molecule has 29 heavy (non-hydrogen) atoms. The Morgan fingerprint density at radius 1 is 1.03 bits per heavy atom. The number of rotatable bonds is 2. The first-order chi connectivity index (χ1) is 13.6. The number of hydrogen-bond acceptors (Lipinski definition) is 4. The standard InChI is InChI=1S/C23H32BNO4/c1-22(2)9-4-10-23(3)16(22)8-7-13(12-5-6-12)19-17(23)14-11-15(26)21(27)18(24(28)29)20(14)25-19/h11-13,16,25-29H,4-10H2,1-3H3. The summed E-state index contributed by atoms with van der Waals surface area (Å²) in [5, 5.41) is 41.6. The van der Waals surface area contributed by atoms with Gasteiger partial charge in [-0.3, -0.25) is 0 Å². The van der Waals surface area contributed by atoms with E-state index in [0.29, 0.717) is 23.3 Å². The number of aromatic amines is 1. The van der Waals surface area contributed by atoms with Crippen LogP contribution in [0.15, 0.2) is 6.07 Å². The largest absolute Gasteiger partial charge is 0.504 e. The predicted molar refractivity (Wildman–Crippen MR) is 115 cm³/mol. The van der Waals surface area contributed by atoms with Gasteiger partial charge in [0.05, 0.1) is 5.46 Å². The van der Waals surface area contributed by atoms with Crippen LogP contribution in [0.5, 0.6) is 11.5 Å². The number of aromatic nitrogens is 1. The molecular formula is C23H32BNO4. The van der Waals surface area contributed by atoms with Crippen LogP contribution < -0.4 is 5.46 Å². The van der Waals surface area contributed by atoms with Gasteiger partial charge in [0.2, 0.25) is 0 Å². The molecule has 3 unspecified atom stereocenters. The molecule has 156 valence electrons. The van der Waals surface area contributed by atoms with E-state index in [-0.39, 0.29) is 22.0 Å². The molecule has 1 aromatic carbocycles. The zero-order valence-corrected chi connectivity index (χ0v) is 17.6. The van der Waals surface area contributed by atoms with E-state index in [1.807, 2.05) is 0 Å². The van der Waals surface area contributed by atoms with Crippen LogP contribution in [0.4, 0.5) is 0 Å². The minimum absolute atomic E-state index is 0.0159. The number of benzene rings is 1. The van der Waals surface area contributed by atoms with Crippen LogP contribution >= 0.6 is 0 Å². The predicted octanol–water partition coefficient (Wildman–Crippen LogP) is 3.63. The van der Waals surface area contributed by atoms with Crippen molar-refractivity contribution in [2.45, 2.75) is 77.0 Å². The van der Waals surface area contributed by atoms with E-state index in [0.717, 1.165) is 18.2 Å². The van der Waals surface area contributed by atoms with Crippen molar-refractivity contribution in [3.63, 3.8) is 0 Å². The number of nitrogens with one attached hydrogen (secondary N) is 1. The van der Waals surface area contributed by atoms with E-state index < -0.39 is 12.9 Å². The monoisotopic (exact) mass is 397 g/mol. The molecule has 5 rings (SSSR count). The van der Waals surface area contributed by atoms with Crippen molar-refractivity contribution in [1.82, 2.24) is 4.98 Å². The third-order valence-electron chi connectivity index (χ3n) is 8.50. The summed E-state index contributed by atoms with van der Waals surface area (Å²) < 4.78 is 0. The van der Waals surface area contributed by atoms with Crippen LogP contribution in [0.1, 0.15) is 82.9 Å². The Morgan fingerprint density at radius 2 is 1.76 bits per heavy atom. The molecule has 0 saturated heterocycles. The zero-order valence-electron chi connectivity index (χ0n) is 17.6. The average molecular weight is 397 g/mol. The molecule has 2 fully saturated rings. The van der Waals surface area contributed by atoms with Gasteiger partial charge in [0.15, 0.2) is 11.5 Å². The van der Waals surface area contributed by atoms with Gasteiger partial charge in [0.25, 0.3) is 0 Å². The Kier molecular flexibility index (Phi) is 4.11. The molecule has 0 bridgehead atoms. The van der Waals surface area contributed by atoms with Crippen LogP contribution in [0.3, 0.4) is 0 Å². The maximum atomic E-state index is 10.4. The SMILES string of the molecule is CC1(C)CCCC2(C)c3c([nH]c4c(B(O)O)c(O)c(O)cc34)C(C3CC3)CCC12. The summed E-state index contributed by atoms with van der Waals surface area (Å²) >= 11 is 0. The van der Waals surface area contributed by atoms with Crippen LogP contribution in [-0.2, 0) is 5.41 Å². The Balaban J connectivity index is 1.85. The number of H-pyrrole nitrogens is 1. The van der Waals surface area contributed by atoms with E-state index in [2.05, 4.69) is 25.8 Å². The molecule has 1 heterocycles. The molecule has 0 radical (unpaired) electrons. The maximum Gasteiger partial charge on any atom is 0.494 e. The zero-order chi connectivity index (χ0) is 20.7. The van der Waals surface area contributed by atoms with Gasteiger partial charge in [-0.2, -0.15) is 0 Å². The fourth-order valence-corrected chi connectivity index (χ4v) is 7.09. The van der Waals surface area contributed by atoms with Crippen molar-refractivity contribution in [3.8, 4) is 11.5 Å². The van der Waals surface area contributed by atoms with Gasteiger partial charge >= 0.3 is 7.12 Å². The first-order valence-corrected chi connectivity index (χ1v) is 11.1. The fourth-order valence-electron chi connectivity index (χ4n) is 7.09. The summed E-state index contributed by atoms with van der Waals surface area (Å²) in [6.45, 7) is 7.17. The molecule has 6 heteroatoms. The Hall–Kier alpha value is -1.66. The molecule has 1 aromatic heterocycles. The van der Waals surface area contributed by atoms with Gasteiger partial charge in [-0.25, -0.2) is 0 Å². The highest BCUT2D eigenvalue weighted by Crippen LogP contribution is 2.61. The number of hydrogen-bond donors (Lipinski definition) is 5. The van der Waals surface area contributed by atoms with Crippen molar-refractivity contribution in [1.29, 1.82) is 0 Å². The highest BCUT2D eigenvalue weighted by Gasteiger charge is 2.52. The molecule has 5 nitrogen and oxygen atoms in total. The molecule has 2 saturated carbocycles. The first kappa shape index (κ1) is 19.3. The van der Waals surface area contributed by atoms with E-state index >= 15 is 0 Å². The second-order valence-corrected chi connectivity index (χ2v) is 10.7. The van der Waals surface area contributed by atoms with Gasteiger partial charge in [0, 0.05) is 22.5 Å². The fraction of sp³-hybridized carbons (Fsp3) is 0.652. The quantitative estimate of drug-likeness (QED) is 0.395. The number of phenols is 2. The van der Waals surface area contributed by atoms with Crippen LogP contribution in [0.2, 0.25) is 0 Å². The van der Waals surface area contributed by atoms with Gasteiger partial charge < -0.3 is 25.2 Å². The summed E-state index contributed by atoms with van der Waals surface area (Å²) in [5.74, 6) is 0.910. The number of fused-ring (bicyclic) bond motifs is 5. The molecular weight excluding hydrogens is 365 g/mol. The summed E-state index contributed by atoms with van der Waals surface area (Å²) in [6, 6.07) is 1.63. The molecule has 3 aliphatic carbocycles. The minimum Gasteiger partial charge on any atom is -0.504 e. The highest BCUT2D eigenvalue weighted by atomic mass is 16.4. The second kappa shape index (κ2) is 6.18. The lowest BCUT2D eigenvalue weighted by atomic mass is 9.53. The third-order valence-corrected chi connectivity index (χ3v) is 8.50. The van der Waals surface area contributed by atoms with Crippen molar-refractivity contribution < 1.29 is 20.3 Å². The molecule has 5 N–H and O–H groups in total. The van der Waals surface area contributed by atoms with Crippen LogP contribution in [0.25, 0.3) is 10.9 Å². The maximum absolute atomic E-state index is 10.4. The van der Waals surface area contributed by atoms with E-state index in [1.54, 1.807) is 6.07 Å². The van der Waals surface area contributed by atoms with Crippen molar-refractivity contribution >= 4 is 23.5 Å². The molecule has 0 spiro atoms. The first-order valence-electron chi connectivity index (χ1n) is 11.1. The Bertz CT molecular complexity index is 977. The molecule has 2 aromatic rings. The summed E-state index contributed by atoms with van der Waals surface area (Å²) in [5.41, 5.74) is 3.20. The summed E-state index contributed by atoms with van der Waals surface area (Å²) in [4.78, 5) is 3.54. The van der Waals surface area contributed by atoms with Crippen molar-refractivity contribution in [2.24, 2.45) is 17.3 Å². The molecule has 0 amide bonds. The average Bonchev–Trinajstić information content (AvgIpc) is 3.40. The van der Waals surface area contributed by atoms with Gasteiger partial charge in [-0.15, -0.1) is 0 Å². The molecule has 3 aliphatic rings. The third kappa shape index (κ3) is 2.68. The summed E-state index contributed by atoms with van der Waals surface area (Å²) in [7, 11) is -1.85. The minimum atomic E-state index is -1.85. The van der Waals surface area contributed by atoms with Crippen molar-refractivity contribution in [2.75, 3.05) is 0 Å². The lowest BCUT2D eigenvalue weighted by molar-refractivity contribution is 0.0501. The molecule has 0 aliphatic heterocycles. The van der Waals surface area contributed by atoms with Crippen LogP contribution in [0, 0.1) is 17.3 Å². The van der Waals surface area contributed by atoms with Gasteiger partial charge in [-0.05, 0) is 72.8 Å². The highest BCUT2D eigenvalue weighted by molar-refractivity contribution is 6.63. The van der Waals surface area contributed by atoms with E-state index in [1.165, 1.54) is 43.4 Å². The van der Waals surface area contributed by atoms with Crippen molar-refractivity contribution in [3.05, 3.63) is 17.3 Å². The van der Waals surface area contributed by atoms with Crippen LogP contribution in [-0.4, -0.2) is 32.4 Å². The smallest absolute Gasteiger partial charge is 0.494 e. The number of aromatic hydroxyl groups is 2. The number of phenolic OH excluding ortho intramolecular Hbond substituents is 2. The van der Waals surface area contributed by atoms with E-state index in [4.69, 9.17) is 0 Å². The lowest BCUT2D eigenvalue weighted by Gasteiger charge is -2.51.